The molecule has 142 valence electrons. The highest BCUT2D eigenvalue weighted by atomic mass is 35.5. The molecule has 3 rings (SSSR count). The zero-order valence-electron chi connectivity index (χ0n) is 14.2. The number of hydrogen-bond acceptors (Lipinski definition) is 6. The van der Waals surface area contributed by atoms with E-state index in [-0.39, 0.29) is 36.8 Å². The number of nitrogens with one attached hydrogen (secondary N) is 1. The van der Waals surface area contributed by atoms with E-state index in [9.17, 15) is 4.79 Å². The van der Waals surface area contributed by atoms with Gasteiger partial charge in [-0.1, -0.05) is 0 Å². The van der Waals surface area contributed by atoms with Crippen molar-refractivity contribution in [3.63, 3.8) is 0 Å². The van der Waals surface area contributed by atoms with Crippen molar-refractivity contribution in [1.82, 2.24) is 15.5 Å². The fourth-order valence-corrected chi connectivity index (χ4v) is 3.48. The summed E-state index contributed by atoms with van der Waals surface area (Å²) in [7, 11) is 0. The molecule has 25 heavy (non-hydrogen) atoms. The Morgan fingerprint density at radius 3 is 2.80 bits per heavy atom. The second-order valence-electron chi connectivity index (χ2n) is 6.38. The maximum absolute atomic E-state index is 12.7. The quantitative estimate of drug-likeness (QED) is 0.781. The molecule has 0 spiro atoms. The number of carbonyl (C=O) groups is 1. The van der Waals surface area contributed by atoms with Gasteiger partial charge < -0.3 is 20.7 Å². The summed E-state index contributed by atoms with van der Waals surface area (Å²) in [5.74, 6) is 0.943. The van der Waals surface area contributed by atoms with Crippen LogP contribution in [-0.2, 0) is 9.53 Å². The molecule has 3 heterocycles. The number of amides is 1. The number of nitrogens with zero attached hydrogens (tertiary/aromatic N) is 3. The minimum absolute atomic E-state index is 0. The second-order valence-corrected chi connectivity index (χ2v) is 6.38. The van der Waals surface area contributed by atoms with Gasteiger partial charge in [0.1, 0.15) is 0 Å². The molecule has 0 saturated carbocycles. The summed E-state index contributed by atoms with van der Waals surface area (Å²) in [5.41, 5.74) is 5.43. The molecule has 1 aromatic heterocycles. The van der Waals surface area contributed by atoms with Crippen molar-refractivity contribution in [2.24, 2.45) is 11.1 Å². The normalized spacial score (nSPS) is 21.8. The van der Waals surface area contributed by atoms with Crippen LogP contribution in [0.15, 0.2) is 18.3 Å². The number of aromatic nitrogens is 2. The average Bonchev–Trinajstić information content (AvgIpc) is 3.09. The molecule has 9 heteroatoms. The lowest BCUT2D eigenvalue weighted by Gasteiger charge is -2.35. The largest absolute Gasteiger partial charge is 0.381 e. The molecule has 0 bridgehead atoms. The van der Waals surface area contributed by atoms with Gasteiger partial charge in [0.25, 0.3) is 0 Å². The topological polar surface area (TPSA) is 93.4 Å². The third-order valence-corrected chi connectivity index (χ3v) is 5.05. The Bertz CT molecular complexity index is 529. The number of rotatable bonds is 5. The van der Waals surface area contributed by atoms with Gasteiger partial charge in [0.15, 0.2) is 5.82 Å². The Balaban J connectivity index is 0.00000156. The standard InChI is InChI=1S/C16H25N5O2.2ClH/c17-12-16(5-9-23-10-6-16)15(22)18-11-13-3-2-8-21(13)14-4-1-7-19-20-14;;/h1,4,7,13H,2-3,5-6,8-12,17H2,(H,18,22);2*1H. The third kappa shape index (κ3) is 4.94. The predicted molar refractivity (Wildman–Crippen MR) is 101 cm³/mol. The van der Waals surface area contributed by atoms with Gasteiger partial charge in [-0.15, -0.1) is 29.9 Å². The van der Waals surface area contributed by atoms with Crippen LogP contribution in [0.5, 0.6) is 0 Å². The van der Waals surface area contributed by atoms with E-state index in [1.807, 2.05) is 12.1 Å². The number of anilines is 1. The summed E-state index contributed by atoms with van der Waals surface area (Å²) in [6.45, 7) is 3.17. The van der Waals surface area contributed by atoms with Crippen LogP contribution in [0.3, 0.4) is 0 Å². The average molecular weight is 392 g/mol. The number of hydrogen-bond donors (Lipinski definition) is 2. The maximum atomic E-state index is 12.7. The van der Waals surface area contributed by atoms with Crippen LogP contribution in [0.1, 0.15) is 25.7 Å². The molecule has 0 aromatic carbocycles. The Morgan fingerprint density at radius 1 is 1.40 bits per heavy atom. The van der Waals surface area contributed by atoms with Crippen LogP contribution in [0.2, 0.25) is 0 Å². The summed E-state index contributed by atoms with van der Waals surface area (Å²) in [4.78, 5) is 14.9. The van der Waals surface area contributed by atoms with Crippen molar-refractivity contribution in [2.75, 3.05) is 37.7 Å². The van der Waals surface area contributed by atoms with E-state index in [0.717, 1.165) is 25.2 Å². The number of nitrogens with two attached hydrogens (primary N) is 1. The third-order valence-electron chi connectivity index (χ3n) is 5.05. The van der Waals surface area contributed by atoms with E-state index in [4.69, 9.17) is 10.5 Å². The van der Waals surface area contributed by atoms with E-state index in [1.54, 1.807) is 6.20 Å². The summed E-state index contributed by atoms with van der Waals surface area (Å²) in [6.07, 6.45) is 5.23. The van der Waals surface area contributed by atoms with Crippen LogP contribution >= 0.6 is 24.8 Å². The van der Waals surface area contributed by atoms with Gasteiger partial charge in [-0.3, -0.25) is 4.79 Å². The van der Waals surface area contributed by atoms with Gasteiger partial charge in [0.2, 0.25) is 5.91 Å². The molecule has 2 saturated heterocycles. The molecule has 0 radical (unpaired) electrons. The SMILES string of the molecule is Cl.Cl.NCC1(C(=O)NCC2CCCN2c2cccnn2)CCOCC1. The first-order valence-corrected chi connectivity index (χ1v) is 8.36. The van der Waals surface area contributed by atoms with Crippen molar-refractivity contribution in [3.05, 3.63) is 18.3 Å². The Kier molecular flexibility index (Phi) is 8.85. The van der Waals surface area contributed by atoms with E-state index < -0.39 is 5.41 Å². The predicted octanol–water partition coefficient (Wildman–Crippen LogP) is 1.16. The summed E-state index contributed by atoms with van der Waals surface area (Å²) in [5, 5.41) is 11.3. The fourth-order valence-electron chi connectivity index (χ4n) is 3.48. The van der Waals surface area contributed by atoms with Gasteiger partial charge >= 0.3 is 0 Å². The lowest BCUT2D eigenvalue weighted by Crippen LogP contribution is -2.51. The maximum Gasteiger partial charge on any atom is 0.227 e. The molecule has 1 amide bonds. The zero-order valence-corrected chi connectivity index (χ0v) is 15.9. The molecule has 2 aliphatic heterocycles. The van der Waals surface area contributed by atoms with Crippen LogP contribution in [0, 0.1) is 5.41 Å². The van der Waals surface area contributed by atoms with Crippen LogP contribution < -0.4 is 16.0 Å². The summed E-state index contributed by atoms with van der Waals surface area (Å²) in [6, 6.07) is 4.12. The fraction of sp³-hybridized carbons (Fsp3) is 0.688. The molecule has 0 aliphatic carbocycles. The monoisotopic (exact) mass is 391 g/mol. The highest BCUT2D eigenvalue weighted by molar-refractivity contribution is 5.85. The Morgan fingerprint density at radius 2 is 2.16 bits per heavy atom. The van der Waals surface area contributed by atoms with E-state index in [0.29, 0.717) is 39.1 Å². The van der Waals surface area contributed by atoms with Gasteiger partial charge in [0.05, 0.1) is 5.41 Å². The molecule has 2 aliphatic rings. The molecule has 1 unspecified atom stereocenters. The minimum Gasteiger partial charge on any atom is -0.381 e. The molecule has 1 aromatic rings. The highest BCUT2D eigenvalue weighted by Gasteiger charge is 2.39. The number of carbonyl (C=O) groups excluding carboxylic acids is 1. The smallest absolute Gasteiger partial charge is 0.227 e. The lowest BCUT2D eigenvalue weighted by atomic mass is 9.79. The van der Waals surface area contributed by atoms with E-state index in [1.165, 1.54) is 0 Å². The highest BCUT2D eigenvalue weighted by Crippen LogP contribution is 2.30. The van der Waals surface area contributed by atoms with Crippen molar-refractivity contribution in [1.29, 1.82) is 0 Å². The van der Waals surface area contributed by atoms with Crippen LogP contribution in [0.25, 0.3) is 0 Å². The summed E-state index contributed by atoms with van der Waals surface area (Å²) >= 11 is 0. The van der Waals surface area contributed by atoms with Crippen molar-refractivity contribution in [3.8, 4) is 0 Å². The number of halogens is 2. The van der Waals surface area contributed by atoms with Gasteiger partial charge in [0, 0.05) is 45.1 Å². The van der Waals surface area contributed by atoms with E-state index >= 15 is 0 Å². The van der Waals surface area contributed by atoms with E-state index in [2.05, 4.69) is 20.4 Å². The first kappa shape index (κ1) is 21.9. The second kappa shape index (κ2) is 10.1. The molecule has 2 fully saturated rings. The van der Waals surface area contributed by atoms with Gasteiger partial charge in [-0.2, -0.15) is 5.10 Å². The Hall–Kier alpha value is -1.15. The van der Waals surface area contributed by atoms with Crippen molar-refractivity contribution in [2.45, 2.75) is 31.7 Å². The molecule has 1 atom stereocenters. The van der Waals surface area contributed by atoms with Crippen molar-refractivity contribution < 1.29 is 9.53 Å². The first-order chi connectivity index (χ1) is 11.2. The van der Waals surface area contributed by atoms with Crippen molar-refractivity contribution >= 4 is 36.5 Å². The van der Waals surface area contributed by atoms with Gasteiger partial charge in [-0.25, -0.2) is 0 Å². The first-order valence-electron chi connectivity index (χ1n) is 8.36. The minimum atomic E-state index is -0.464. The van der Waals surface area contributed by atoms with Gasteiger partial charge in [-0.05, 0) is 37.8 Å². The molecular formula is C16H27Cl2N5O2. The molecule has 7 nitrogen and oxygen atoms in total. The Labute approximate surface area is 160 Å². The lowest BCUT2D eigenvalue weighted by molar-refractivity contribution is -0.135. The zero-order chi connectivity index (χ0) is 16.1. The number of ether oxygens (including phenoxy) is 1. The molecular weight excluding hydrogens is 365 g/mol. The van der Waals surface area contributed by atoms with Crippen LogP contribution in [-0.4, -0.2) is 55.0 Å². The summed E-state index contributed by atoms with van der Waals surface area (Å²) < 4.78 is 5.37. The molecule has 3 N–H and O–H groups in total. The van der Waals surface area contributed by atoms with Crippen LogP contribution in [0.4, 0.5) is 5.82 Å².